The smallest absolute Gasteiger partial charge is 0.260 e. The van der Waals surface area contributed by atoms with Crippen LogP contribution in [0.25, 0.3) is 0 Å². The Morgan fingerprint density at radius 1 is 1.07 bits per heavy atom. The van der Waals surface area contributed by atoms with E-state index in [1.807, 2.05) is 6.92 Å². The van der Waals surface area contributed by atoms with Crippen LogP contribution in [0.15, 0.2) is 47.4 Å². The van der Waals surface area contributed by atoms with E-state index >= 15 is 0 Å². The van der Waals surface area contributed by atoms with Gasteiger partial charge in [0.2, 0.25) is 10.0 Å². The first kappa shape index (κ1) is 20.9. The number of rotatable bonds is 6. The molecule has 1 aliphatic heterocycles. The molecule has 0 atom stereocenters. The Bertz CT molecular complexity index is 984. The molecule has 1 N–H and O–H groups in total. The summed E-state index contributed by atoms with van der Waals surface area (Å²) in [6.45, 7) is 2.48. The van der Waals surface area contributed by atoms with Crippen LogP contribution in [0.2, 0.25) is 0 Å². The van der Waals surface area contributed by atoms with Crippen molar-refractivity contribution in [1.82, 2.24) is 9.21 Å². The summed E-state index contributed by atoms with van der Waals surface area (Å²) in [6.07, 6.45) is 0. The number of piperazine rings is 1. The van der Waals surface area contributed by atoms with Crippen molar-refractivity contribution in [3.05, 3.63) is 48.0 Å². The zero-order valence-electron chi connectivity index (χ0n) is 16.4. The molecule has 1 heterocycles. The van der Waals surface area contributed by atoms with E-state index in [1.165, 1.54) is 17.5 Å². The maximum Gasteiger partial charge on any atom is 0.260 e. The van der Waals surface area contributed by atoms with Crippen molar-refractivity contribution in [3.8, 4) is 17.2 Å². The van der Waals surface area contributed by atoms with E-state index in [0.717, 1.165) is 5.56 Å². The van der Waals surface area contributed by atoms with Crippen LogP contribution in [0, 0.1) is 6.92 Å². The first-order valence-electron chi connectivity index (χ1n) is 9.16. The number of hydrogen-bond acceptors (Lipinski definition) is 6. The van der Waals surface area contributed by atoms with Crippen molar-refractivity contribution in [2.75, 3.05) is 39.9 Å². The molecule has 2 aromatic rings. The van der Waals surface area contributed by atoms with Gasteiger partial charge in [0.15, 0.2) is 18.1 Å². The predicted molar refractivity (Wildman–Crippen MR) is 107 cm³/mol. The predicted octanol–water partition coefficient (Wildman–Crippen LogP) is 1.62. The molecule has 0 spiro atoms. The molecular formula is C20H24N2O6S. The van der Waals surface area contributed by atoms with Crippen molar-refractivity contribution in [2.45, 2.75) is 11.8 Å². The van der Waals surface area contributed by atoms with E-state index in [1.54, 1.807) is 41.3 Å². The molecule has 0 aliphatic carbocycles. The Hall–Kier alpha value is -2.78. The number of amides is 1. The normalized spacial score (nSPS) is 15.2. The fraction of sp³-hybridized carbons (Fsp3) is 0.350. The molecule has 0 radical (unpaired) electrons. The summed E-state index contributed by atoms with van der Waals surface area (Å²) < 4.78 is 38.0. The number of phenols is 1. The molecule has 2 aromatic carbocycles. The lowest BCUT2D eigenvalue weighted by Crippen LogP contribution is -2.51. The van der Waals surface area contributed by atoms with Gasteiger partial charge in [-0.05, 0) is 36.8 Å². The summed E-state index contributed by atoms with van der Waals surface area (Å²) in [5.74, 6) is 0.223. The second-order valence-electron chi connectivity index (χ2n) is 6.70. The van der Waals surface area contributed by atoms with E-state index in [2.05, 4.69) is 0 Å². The number of ether oxygens (including phenoxy) is 2. The number of nitrogens with zero attached hydrogens (tertiary/aromatic N) is 2. The summed E-state index contributed by atoms with van der Waals surface area (Å²) in [5.41, 5.74) is 0.819. The fourth-order valence-corrected chi connectivity index (χ4v) is 4.78. The number of phenolic OH excluding ortho intramolecular Hbond substituents is 1. The standard InChI is InChI=1S/C20H24N2O6S/c1-15-7-8-18(27-2)19(13-15)29(25,26)22-11-9-21(10-12-22)20(24)14-28-17-6-4-3-5-16(17)23/h3-8,13,23H,9-12,14H2,1-2H3. The Labute approximate surface area is 170 Å². The molecule has 1 amide bonds. The third kappa shape index (κ3) is 4.63. The third-order valence-electron chi connectivity index (χ3n) is 4.74. The zero-order valence-corrected chi connectivity index (χ0v) is 17.2. The third-order valence-corrected chi connectivity index (χ3v) is 6.66. The molecule has 0 bridgehead atoms. The average Bonchev–Trinajstić information content (AvgIpc) is 2.73. The number of methoxy groups -OCH3 is 1. The van der Waals surface area contributed by atoms with Gasteiger partial charge in [-0.15, -0.1) is 0 Å². The Balaban J connectivity index is 1.62. The SMILES string of the molecule is COc1ccc(C)cc1S(=O)(=O)N1CCN(C(=O)COc2ccccc2O)CC1. The number of para-hydroxylation sites is 2. The highest BCUT2D eigenvalue weighted by Crippen LogP contribution is 2.28. The lowest BCUT2D eigenvalue weighted by atomic mass is 10.2. The Morgan fingerprint density at radius 3 is 2.41 bits per heavy atom. The van der Waals surface area contributed by atoms with Gasteiger partial charge in [-0.2, -0.15) is 4.31 Å². The number of carbonyl (C=O) groups excluding carboxylic acids is 1. The number of aryl methyl sites for hydroxylation is 1. The first-order valence-corrected chi connectivity index (χ1v) is 10.6. The van der Waals surface area contributed by atoms with Crippen LogP contribution in [0.3, 0.4) is 0 Å². The molecule has 0 unspecified atom stereocenters. The molecule has 0 aromatic heterocycles. The molecule has 1 aliphatic rings. The molecule has 156 valence electrons. The highest BCUT2D eigenvalue weighted by atomic mass is 32.2. The van der Waals surface area contributed by atoms with Gasteiger partial charge in [0, 0.05) is 26.2 Å². The molecule has 1 saturated heterocycles. The number of hydrogen-bond donors (Lipinski definition) is 1. The van der Waals surface area contributed by atoms with Gasteiger partial charge in [-0.1, -0.05) is 18.2 Å². The summed E-state index contributed by atoms with van der Waals surface area (Å²) in [4.78, 5) is 14.1. The van der Waals surface area contributed by atoms with Crippen LogP contribution in [0.5, 0.6) is 17.2 Å². The number of benzene rings is 2. The van der Waals surface area contributed by atoms with Crippen LogP contribution >= 0.6 is 0 Å². The highest BCUT2D eigenvalue weighted by Gasteiger charge is 2.32. The number of aromatic hydroxyl groups is 1. The topological polar surface area (TPSA) is 96.4 Å². The van der Waals surface area contributed by atoms with Gasteiger partial charge in [-0.3, -0.25) is 4.79 Å². The largest absolute Gasteiger partial charge is 0.504 e. The summed E-state index contributed by atoms with van der Waals surface area (Å²) >= 11 is 0. The summed E-state index contributed by atoms with van der Waals surface area (Å²) in [6, 6.07) is 11.4. The number of carbonyl (C=O) groups is 1. The molecule has 0 saturated carbocycles. The summed E-state index contributed by atoms with van der Waals surface area (Å²) in [7, 11) is -2.30. The van der Waals surface area contributed by atoms with Crippen LogP contribution in [0.1, 0.15) is 5.56 Å². The molecule has 8 nitrogen and oxygen atoms in total. The monoisotopic (exact) mass is 420 g/mol. The molecule has 29 heavy (non-hydrogen) atoms. The lowest BCUT2D eigenvalue weighted by molar-refractivity contribution is -0.134. The van der Waals surface area contributed by atoms with Crippen LogP contribution < -0.4 is 9.47 Å². The second-order valence-corrected chi connectivity index (χ2v) is 8.60. The van der Waals surface area contributed by atoms with E-state index in [9.17, 15) is 18.3 Å². The van der Waals surface area contributed by atoms with Crippen molar-refractivity contribution >= 4 is 15.9 Å². The Kier molecular flexibility index (Phi) is 6.29. The van der Waals surface area contributed by atoms with Crippen LogP contribution in [0.4, 0.5) is 0 Å². The van der Waals surface area contributed by atoms with E-state index in [4.69, 9.17) is 9.47 Å². The molecule has 9 heteroatoms. The van der Waals surface area contributed by atoms with E-state index < -0.39 is 10.0 Å². The van der Waals surface area contributed by atoms with E-state index in [0.29, 0.717) is 5.75 Å². The van der Waals surface area contributed by atoms with Crippen molar-refractivity contribution in [2.24, 2.45) is 0 Å². The van der Waals surface area contributed by atoms with Crippen LogP contribution in [-0.4, -0.2) is 68.5 Å². The zero-order chi connectivity index (χ0) is 21.0. The quantitative estimate of drug-likeness (QED) is 0.763. The minimum absolute atomic E-state index is 0.0386. The highest BCUT2D eigenvalue weighted by molar-refractivity contribution is 7.89. The minimum atomic E-state index is -3.73. The second kappa shape index (κ2) is 8.71. The fourth-order valence-electron chi connectivity index (χ4n) is 3.11. The first-order chi connectivity index (χ1) is 13.8. The van der Waals surface area contributed by atoms with Crippen molar-refractivity contribution in [3.63, 3.8) is 0 Å². The maximum absolute atomic E-state index is 13.0. The van der Waals surface area contributed by atoms with Gasteiger partial charge in [0.1, 0.15) is 10.6 Å². The van der Waals surface area contributed by atoms with Crippen molar-refractivity contribution < 1.29 is 27.8 Å². The van der Waals surface area contributed by atoms with Gasteiger partial charge >= 0.3 is 0 Å². The van der Waals surface area contributed by atoms with Crippen LogP contribution in [-0.2, 0) is 14.8 Å². The van der Waals surface area contributed by atoms with Gasteiger partial charge in [0.05, 0.1) is 7.11 Å². The van der Waals surface area contributed by atoms with Gasteiger partial charge < -0.3 is 19.5 Å². The van der Waals surface area contributed by atoms with Crippen molar-refractivity contribution in [1.29, 1.82) is 0 Å². The Morgan fingerprint density at radius 2 is 1.76 bits per heavy atom. The maximum atomic E-state index is 13.0. The lowest BCUT2D eigenvalue weighted by Gasteiger charge is -2.34. The molecule has 1 fully saturated rings. The molecular weight excluding hydrogens is 396 g/mol. The minimum Gasteiger partial charge on any atom is -0.504 e. The van der Waals surface area contributed by atoms with E-state index in [-0.39, 0.29) is 55.1 Å². The summed E-state index contributed by atoms with van der Waals surface area (Å²) in [5, 5.41) is 9.69. The number of sulfonamides is 1. The molecule has 3 rings (SSSR count). The van der Waals surface area contributed by atoms with Gasteiger partial charge in [0.25, 0.3) is 5.91 Å². The average molecular weight is 420 g/mol. The van der Waals surface area contributed by atoms with Gasteiger partial charge in [-0.25, -0.2) is 8.42 Å².